The minimum atomic E-state index is -2.90. The number of halogens is 4. The predicted octanol–water partition coefficient (Wildman–Crippen LogP) is 4.57. The van der Waals surface area contributed by atoms with Crippen molar-refractivity contribution >= 4 is 38.6 Å². The normalized spacial score (nSPS) is 11.3. The Balaban J connectivity index is 1.99. The first kappa shape index (κ1) is 15.2. The number of H-pyrrole nitrogens is 1. The van der Waals surface area contributed by atoms with Crippen LogP contribution in [0.2, 0.25) is 5.02 Å². The molecule has 1 N–H and O–H groups in total. The zero-order valence-electron chi connectivity index (χ0n) is 11.0. The summed E-state index contributed by atoms with van der Waals surface area (Å²) >= 11 is 9.26. The Labute approximate surface area is 137 Å². The smallest absolute Gasteiger partial charge is 0.387 e. The van der Waals surface area contributed by atoms with Crippen LogP contribution in [0.3, 0.4) is 0 Å². The number of pyridine rings is 1. The molecule has 0 radical (unpaired) electrons. The summed E-state index contributed by atoms with van der Waals surface area (Å²) in [7, 11) is 0. The van der Waals surface area contributed by atoms with E-state index in [2.05, 4.69) is 35.8 Å². The van der Waals surface area contributed by atoms with Crippen molar-refractivity contribution < 1.29 is 13.5 Å². The van der Waals surface area contributed by atoms with E-state index in [1.165, 1.54) is 12.1 Å². The number of benzene rings is 1. The van der Waals surface area contributed by atoms with Crippen LogP contribution in [0.15, 0.2) is 34.9 Å². The molecule has 114 valence electrons. The summed E-state index contributed by atoms with van der Waals surface area (Å²) in [6, 6.07) is 6.33. The van der Waals surface area contributed by atoms with Gasteiger partial charge in [0.2, 0.25) is 0 Å². The van der Waals surface area contributed by atoms with E-state index >= 15 is 0 Å². The fraction of sp³-hybridized carbons (Fsp3) is 0.143. The number of aromatic nitrogens is 3. The minimum Gasteiger partial charge on any atom is -0.435 e. The lowest BCUT2D eigenvalue weighted by molar-refractivity contribution is -0.0503. The Morgan fingerprint density at radius 2 is 2.14 bits per heavy atom. The van der Waals surface area contributed by atoms with Crippen molar-refractivity contribution in [3.63, 3.8) is 0 Å². The fourth-order valence-corrected chi connectivity index (χ4v) is 2.65. The maximum Gasteiger partial charge on any atom is 0.387 e. The van der Waals surface area contributed by atoms with Crippen LogP contribution in [0.5, 0.6) is 5.75 Å². The number of ether oxygens (including phenoxy) is 1. The number of nitrogens with one attached hydrogen (secondary N) is 1. The summed E-state index contributed by atoms with van der Waals surface area (Å²) in [5.41, 5.74) is 2.58. The van der Waals surface area contributed by atoms with E-state index in [4.69, 9.17) is 11.6 Å². The number of aromatic amines is 1. The SMILES string of the molecule is FC(F)Oc1ccc(Cl)cc1Cc1[nH]nc2cc(Br)cnc12. The van der Waals surface area contributed by atoms with Gasteiger partial charge in [-0.25, -0.2) is 0 Å². The van der Waals surface area contributed by atoms with Crippen LogP contribution in [0.1, 0.15) is 11.3 Å². The first-order chi connectivity index (χ1) is 10.5. The molecule has 0 saturated heterocycles. The Kier molecular flexibility index (Phi) is 4.26. The third-order valence-corrected chi connectivity index (χ3v) is 3.71. The van der Waals surface area contributed by atoms with Crippen molar-refractivity contribution in [2.75, 3.05) is 0 Å². The Hall–Kier alpha value is -1.73. The van der Waals surface area contributed by atoms with Crippen LogP contribution in [0, 0.1) is 0 Å². The van der Waals surface area contributed by atoms with Crippen molar-refractivity contribution in [3.05, 3.63) is 51.2 Å². The van der Waals surface area contributed by atoms with Gasteiger partial charge in [-0.1, -0.05) is 11.6 Å². The highest BCUT2D eigenvalue weighted by molar-refractivity contribution is 9.10. The maximum atomic E-state index is 12.5. The van der Waals surface area contributed by atoms with E-state index in [9.17, 15) is 8.78 Å². The Morgan fingerprint density at radius 3 is 2.91 bits per heavy atom. The molecule has 0 aliphatic rings. The molecule has 0 spiro atoms. The standard InChI is InChI=1S/C14H9BrClF2N3O/c15-8-5-11-13(19-6-8)10(20-21-11)4-7-3-9(16)1-2-12(7)22-14(17)18/h1-3,5-6,14H,4H2,(H,20,21). The highest BCUT2D eigenvalue weighted by Crippen LogP contribution is 2.28. The average molecular weight is 389 g/mol. The lowest BCUT2D eigenvalue weighted by Gasteiger charge is -2.10. The van der Waals surface area contributed by atoms with Crippen LogP contribution in [-0.4, -0.2) is 21.8 Å². The highest BCUT2D eigenvalue weighted by atomic mass is 79.9. The molecule has 8 heteroatoms. The average Bonchev–Trinajstić information content (AvgIpc) is 2.83. The van der Waals surface area contributed by atoms with Crippen LogP contribution >= 0.6 is 27.5 Å². The maximum absolute atomic E-state index is 12.5. The van der Waals surface area contributed by atoms with E-state index in [-0.39, 0.29) is 5.75 Å². The molecule has 0 amide bonds. The van der Waals surface area contributed by atoms with Crippen molar-refractivity contribution in [2.45, 2.75) is 13.0 Å². The molecule has 3 aromatic rings. The van der Waals surface area contributed by atoms with Gasteiger partial charge in [0.05, 0.1) is 5.69 Å². The van der Waals surface area contributed by atoms with Gasteiger partial charge >= 0.3 is 6.61 Å². The zero-order chi connectivity index (χ0) is 15.7. The molecule has 22 heavy (non-hydrogen) atoms. The number of rotatable bonds is 4. The van der Waals surface area contributed by atoms with Gasteiger partial charge in [-0.05, 0) is 40.2 Å². The molecular formula is C14H9BrClF2N3O. The third-order valence-electron chi connectivity index (χ3n) is 3.04. The van der Waals surface area contributed by atoms with E-state index in [0.29, 0.717) is 33.7 Å². The molecule has 4 nitrogen and oxygen atoms in total. The van der Waals surface area contributed by atoms with Crippen LogP contribution in [-0.2, 0) is 6.42 Å². The summed E-state index contributed by atoms with van der Waals surface area (Å²) in [6.07, 6.45) is 1.95. The number of hydrogen-bond donors (Lipinski definition) is 1. The number of alkyl halides is 2. The second-order valence-electron chi connectivity index (χ2n) is 4.53. The lowest BCUT2D eigenvalue weighted by Crippen LogP contribution is -2.05. The molecule has 1 aromatic carbocycles. The quantitative estimate of drug-likeness (QED) is 0.712. The van der Waals surface area contributed by atoms with E-state index in [1.54, 1.807) is 12.3 Å². The molecule has 0 bridgehead atoms. The molecule has 3 rings (SSSR count). The fourth-order valence-electron chi connectivity index (χ4n) is 2.14. The molecule has 0 saturated carbocycles. The first-order valence-corrected chi connectivity index (χ1v) is 7.42. The molecule has 0 aliphatic carbocycles. The van der Waals surface area contributed by atoms with Gasteiger partial charge in [-0.15, -0.1) is 0 Å². The van der Waals surface area contributed by atoms with E-state index in [0.717, 1.165) is 4.47 Å². The zero-order valence-corrected chi connectivity index (χ0v) is 13.3. The Bertz CT molecular complexity index is 825. The second-order valence-corrected chi connectivity index (χ2v) is 5.88. The molecule has 2 heterocycles. The number of hydrogen-bond acceptors (Lipinski definition) is 3. The van der Waals surface area contributed by atoms with Gasteiger partial charge in [-0.2, -0.15) is 13.9 Å². The van der Waals surface area contributed by atoms with Crippen LogP contribution < -0.4 is 4.74 Å². The second kappa shape index (κ2) is 6.18. The predicted molar refractivity (Wildman–Crippen MR) is 82.5 cm³/mol. The van der Waals surface area contributed by atoms with Gasteiger partial charge in [0.25, 0.3) is 0 Å². The molecule has 0 unspecified atom stereocenters. The topological polar surface area (TPSA) is 50.8 Å². The van der Waals surface area contributed by atoms with Crippen LogP contribution in [0.4, 0.5) is 8.78 Å². The highest BCUT2D eigenvalue weighted by Gasteiger charge is 2.14. The lowest BCUT2D eigenvalue weighted by atomic mass is 10.1. The van der Waals surface area contributed by atoms with Crippen molar-refractivity contribution in [1.82, 2.24) is 15.2 Å². The van der Waals surface area contributed by atoms with E-state index in [1.807, 2.05) is 6.07 Å². The monoisotopic (exact) mass is 387 g/mol. The van der Waals surface area contributed by atoms with Crippen molar-refractivity contribution in [3.8, 4) is 5.75 Å². The molecule has 0 atom stereocenters. The summed E-state index contributed by atoms with van der Waals surface area (Å²) in [5, 5.41) is 7.46. The molecular weight excluding hydrogens is 380 g/mol. The van der Waals surface area contributed by atoms with Crippen molar-refractivity contribution in [1.29, 1.82) is 0 Å². The van der Waals surface area contributed by atoms with Gasteiger partial charge < -0.3 is 4.74 Å². The summed E-state index contributed by atoms with van der Waals surface area (Å²) in [5.74, 6) is 0.0826. The molecule has 0 aliphatic heterocycles. The number of nitrogens with zero attached hydrogens (tertiary/aromatic N) is 2. The van der Waals surface area contributed by atoms with Gasteiger partial charge in [0.15, 0.2) is 0 Å². The largest absolute Gasteiger partial charge is 0.435 e. The summed E-state index contributed by atoms with van der Waals surface area (Å²) in [4.78, 5) is 4.29. The van der Waals surface area contributed by atoms with E-state index < -0.39 is 6.61 Å². The van der Waals surface area contributed by atoms with Gasteiger partial charge in [-0.3, -0.25) is 10.1 Å². The molecule has 0 fully saturated rings. The van der Waals surface area contributed by atoms with Crippen molar-refractivity contribution in [2.24, 2.45) is 0 Å². The van der Waals surface area contributed by atoms with Crippen LogP contribution in [0.25, 0.3) is 11.0 Å². The molecule has 2 aromatic heterocycles. The third kappa shape index (κ3) is 3.20. The summed E-state index contributed by atoms with van der Waals surface area (Å²) < 4.78 is 30.3. The number of fused-ring (bicyclic) bond motifs is 1. The Morgan fingerprint density at radius 1 is 1.32 bits per heavy atom. The summed E-state index contributed by atoms with van der Waals surface area (Å²) in [6.45, 7) is -2.90. The van der Waals surface area contributed by atoms with Gasteiger partial charge in [0.1, 0.15) is 16.8 Å². The van der Waals surface area contributed by atoms with Gasteiger partial charge in [0, 0.05) is 27.7 Å². The minimum absolute atomic E-state index is 0.0826. The first-order valence-electron chi connectivity index (χ1n) is 6.24.